The third-order valence-electron chi connectivity index (χ3n) is 8.24. The Morgan fingerprint density at radius 2 is 1.87 bits per heavy atom. The van der Waals surface area contributed by atoms with Crippen molar-refractivity contribution in [3.63, 3.8) is 0 Å². The first-order valence-electron chi connectivity index (χ1n) is 14.1. The van der Waals surface area contributed by atoms with Crippen molar-refractivity contribution in [2.45, 2.75) is 82.4 Å². The van der Waals surface area contributed by atoms with Gasteiger partial charge in [0.2, 0.25) is 0 Å². The van der Waals surface area contributed by atoms with E-state index in [1.807, 2.05) is 6.07 Å². The maximum absolute atomic E-state index is 12.0. The highest BCUT2D eigenvalue weighted by Crippen LogP contribution is 2.42. The first-order chi connectivity index (χ1) is 18.8. The Morgan fingerprint density at radius 3 is 2.59 bits per heavy atom. The number of nitrogens with zero attached hydrogens (tertiary/aromatic N) is 3. The standard InChI is InChI=1S/C31H40N4O3S/c1-6-27-28(33-34-30(36)39-27)20-12-14-24-23(18-20)31(2,3)16-17-35(24)29(32-22-10-8-7-9-11-22)21-13-15-25(37-4)26(19-21)38-5/h12-15,18-19,22,27H,6-11,16-17H2,1-5H3,(H,34,36). The van der Waals surface area contributed by atoms with E-state index in [0.717, 1.165) is 54.9 Å². The summed E-state index contributed by atoms with van der Waals surface area (Å²) in [5.41, 5.74) is 8.16. The molecule has 1 N–H and O–H groups in total. The average Bonchev–Trinajstić information content (AvgIpc) is 2.96. The van der Waals surface area contributed by atoms with Crippen molar-refractivity contribution in [3.8, 4) is 11.5 Å². The fourth-order valence-electron chi connectivity index (χ4n) is 5.91. The summed E-state index contributed by atoms with van der Waals surface area (Å²) in [5.74, 6) is 2.42. The quantitative estimate of drug-likeness (QED) is 0.314. The van der Waals surface area contributed by atoms with Crippen LogP contribution in [-0.4, -0.2) is 48.8 Å². The number of methoxy groups -OCH3 is 2. The van der Waals surface area contributed by atoms with Gasteiger partial charge in [-0.05, 0) is 72.6 Å². The van der Waals surface area contributed by atoms with Crippen molar-refractivity contribution >= 4 is 34.2 Å². The second-order valence-electron chi connectivity index (χ2n) is 11.2. The highest BCUT2D eigenvalue weighted by Gasteiger charge is 2.35. The SMILES string of the molecule is CCC1SC(=O)NN=C1c1ccc2c(c1)C(C)(C)CCN2C(=NC1CCCCC1)c1ccc(OC)c(OC)c1. The van der Waals surface area contributed by atoms with Gasteiger partial charge in [0, 0.05) is 17.8 Å². The number of amides is 1. The summed E-state index contributed by atoms with van der Waals surface area (Å²) in [6, 6.07) is 13.1. The molecule has 0 bridgehead atoms. The van der Waals surface area contributed by atoms with Gasteiger partial charge < -0.3 is 14.4 Å². The number of hydrogen-bond donors (Lipinski definition) is 1. The van der Waals surface area contributed by atoms with Crippen molar-refractivity contribution in [1.82, 2.24) is 5.43 Å². The first-order valence-corrected chi connectivity index (χ1v) is 15.0. The molecule has 39 heavy (non-hydrogen) atoms. The lowest BCUT2D eigenvalue weighted by Crippen LogP contribution is -2.42. The number of anilines is 1. The van der Waals surface area contributed by atoms with Gasteiger partial charge in [0.05, 0.1) is 31.2 Å². The van der Waals surface area contributed by atoms with Crippen LogP contribution >= 0.6 is 11.8 Å². The minimum absolute atomic E-state index is 0.0112. The zero-order valence-electron chi connectivity index (χ0n) is 23.8. The molecule has 7 nitrogen and oxygen atoms in total. The minimum Gasteiger partial charge on any atom is -0.493 e. The van der Waals surface area contributed by atoms with Crippen LogP contribution in [0.25, 0.3) is 0 Å². The highest BCUT2D eigenvalue weighted by atomic mass is 32.2. The van der Waals surface area contributed by atoms with E-state index in [-0.39, 0.29) is 15.9 Å². The van der Waals surface area contributed by atoms with Gasteiger partial charge in [0.25, 0.3) is 5.24 Å². The maximum atomic E-state index is 12.0. The maximum Gasteiger partial charge on any atom is 0.299 e. The van der Waals surface area contributed by atoms with Crippen LogP contribution in [-0.2, 0) is 5.41 Å². The van der Waals surface area contributed by atoms with Crippen LogP contribution < -0.4 is 19.8 Å². The minimum atomic E-state index is -0.0893. The van der Waals surface area contributed by atoms with E-state index in [1.165, 1.54) is 42.3 Å². The predicted octanol–water partition coefficient (Wildman–Crippen LogP) is 6.91. The van der Waals surface area contributed by atoms with E-state index < -0.39 is 0 Å². The van der Waals surface area contributed by atoms with Crippen LogP contribution in [0.4, 0.5) is 10.5 Å². The molecule has 1 amide bonds. The van der Waals surface area contributed by atoms with Crippen LogP contribution in [0, 0.1) is 0 Å². The summed E-state index contributed by atoms with van der Waals surface area (Å²) in [7, 11) is 3.34. The van der Waals surface area contributed by atoms with Crippen molar-refractivity contribution in [1.29, 1.82) is 0 Å². The molecular weight excluding hydrogens is 508 g/mol. The van der Waals surface area contributed by atoms with Crippen molar-refractivity contribution in [2.75, 3.05) is 25.7 Å². The topological polar surface area (TPSA) is 75.5 Å². The molecule has 1 atom stereocenters. The molecule has 2 aromatic rings. The predicted molar refractivity (Wildman–Crippen MR) is 161 cm³/mol. The van der Waals surface area contributed by atoms with Crippen molar-refractivity contribution in [2.24, 2.45) is 10.1 Å². The number of hydrazone groups is 1. The van der Waals surface area contributed by atoms with E-state index in [4.69, 9.17) is 14.5 Å². The Hall–Kier alpha value is -3.00. The van der Waals surface area contributed by atoms with Gasteiger partial charge in [0.15, 0.2) is 11.5 Å². The molecule has 1 aliphatic carbocycles. The Morgan fingerprint density at radius 1 is 1.10 bits per heavy atom. The molecule has 1 saturated carbocycles. The number of aliphatic imine (C=N–C) groups is 1. The number of ether oxygens (including phenoxy) is 2. The summed E-state index contributed by atoms with van der Waals surface area (Å²) in [6.07, 6.45) is 7.86. The number of rotatable bonds is 6. The van der Waals surface area contributed by atoms with E-state index in [0.29, 0.717) is 17.5 Å². The molecule has 2 aliphatic heterocycles. The third-order valence-corrected chi connectivity index (χ3v) is 9.39. The third kappa shape index (κ3) is 5.67. The molecule has 0 aromatic heterocycles. The fraction of sp³-hybridized carbons (Fsp3) is 0.516. The lowest BCUT2D eigenvalue weighted by atomic mass is 9.76. The number of thioether (sulfide) groups is 1. The monoisotopic (exact) mass is 548 g/mol. The first kappa shape index (κ1) is 27.6. The molecule has 0 spiro atoms. The van der Waals surface area contributed by atoms with Crippen LogP contribution in [0.15, 0.2) is 46.5 Å². The number of hydrogen-bond acceptors (Lipinski definition) is 6. The molecule has 208 valence electrons. The van der Waals surface area contributed by atoms with Crippen molar-refractivity contribution < 1.29 is 14.3 Å². The van der Waals surface area contributed by atoms with E-state index >= 15 is 0 Å². The van der Waals surface area contributed by atoms with Gasteiger partial charge in [-0.25, -0.2) is 5.43 Å². The average molecular weight is 549 g/mol. The van der Waals surface area contributed by atoms with Gasteiger partial charge in [0.1, 0.15) is 5.84 Å². The summed E-state index contributed by atoms with van der Waals surface area (Å²) >= 11 is 1.32. The van der Waals surface area contributed by atoms with Crippen LogP contribution in [0.5, 0.6) is 11.5 Å². The largest absolute Gasteiger partial charge is 0.493 e. The van der Waals surface area contributed by atoms with Crippen LogP contribution in [0.1, 0.15) is 82.4 Å². The molecule has 3 aliphatic rings. The Labute approximate surface area is 236 Å². The highest BCUT2D eigenvalue weighted by molar-refractivity contribution is 8.14. The molecular formula is C31H40N4O3S. The van der Waals surface area contributed by atoms with Gasteiger partial charge in [-0.1, -0.05) is 57.9 Å². The normalized spacial score (nSPS) is 21.6. The van der Waals surface area contributed by atoms with Gasteiger partial charge >= 0.3 is 0 Å². The zero-order chi connectivity index (χ0) is 27.6. The molecule has 1 unspecified atom stereocenters. The fourth-order valence-corrected chi connectivity index (χ4v) is 6.74. The lowest BCUT2D eigenvalue weighted by Gasteiger charge is -2.41. The second-order valence-corrected chi connectivity index (χ2v) is 12.4. The lowest BCUT2D eigenvalue weighted by molar-refractivity contribution is 0.260. The Kier molecular flexibility index (Phi) is 8.21. The second kappa shape index (κ2) is 11.6. The number of fused-ring (bicyclic) bond motifs is 1. The molecule has 1 fully saturated rings. The molecule has 2 aromatic carbocycles. The van der Waals surface area contributed by atoms with Crippen LogP contribution in [0.3, 0.4) is 0 Å². The zero-order valence-corrected chi connectivity index (χ0v) is 24.6. The van der Waals surface area contributed by atoms with Gasteiger partial charge in [-0.2, -0.15) is 5.10 Å². The Bertz CT molecular complexity index is 1280. The number of carbonyl (C=O) groups is 1. The van der Waals surface area contributed by atoms with Gasteiger partial charge in [-0.3, -0.25) is 9.79 Å². The van der Waals surface area contributed by atoms with Gasteiger partial charge in [-0.15, -0.1) is 0 Å². The molecule has 0 radical (unpaired) electrons. The van der Waals surface area contributed by atoms with Crippen molar-refractivity contribution in [3.05, 3.63) is 53.1 Å². The molecule has 2 heterocycles. The summed E-state index contributed by atoms with van der Waals surface area (Å²) < 4.78 is 11.2. The Balaban J connectivity index is 1.60. The van der Waals surface area contributed by atoms with E-state index in [2.05, 4.69) is 66.5 Å². The summed E-state index contributed by atoms with van der Waals surface area (Å²) in [5, 5.41) is 4.44. The molecule has 0 saturated heterocycles. The molecule has 8 heteroatoms. The number of amidine groups is 1. The smallest absolute Gasteiger partial charge is 0.299 e. The van der Waals surface area contributed by atoms with E-state index in [9.17, 15) is 4.79 Å². The molecule has 5 rings (SSSR count). The summed E-state index contributed by atoms with van der Waals surface area (Å²) in [6.45, 7) is 7.62. The van der Waals surface area contributed by atoms with E-state index in [1.54, 1.807) is 14.2 Å². The summed E-state index contributed by atoms with van der Waals surface area (Å²) in [4.78, 5) is 19.8. The van der Waals surface area contributed by atoms with Crippen LogP contribution in [0.2, 0.25) is 0 Å². The number of carbonyl (C=O) groups excluding carboxylic acids is 1. The number of nitrogens with one attached hydrogen (secondary N) is 1. The number of benzene rings is 2.